The van der Waals surface area contributed by atoms with E-state index in [0.29, 0.717) is 0 Å². The highest BCUT2D eigenvalue weighted by Crippen LogP contribution is 2.51. The lowest BCUT2D eigenvalue weighted by Gasteiger charge is -2.47. The van der Waals surface area contributed by atoms with Crippen LogP contribution in [0.1, 0.15) is 0 Å². The Hall–Kier alpha value is -11.4. The molecule has 8 nitrogen and oxygen atoms in total. The highest BCUT2D eigenvalue weighted by Gasteiger charge is 2.50. The molecule has 10 heteroatoms. The molecule has 0 aliphatic carbocycles. The van der Waals surface area contributed by atoms with Gasteiger partial charge in [0.15, 0.2) is 0 Å². The van der Waals surface area contributed by atoms with Crippen molar-refractivity contribution in [3.05, 3.63) is 315 Å². The number of nitrogens with zero attached hydrogens (tertiary/aromatic N) is 8. The van der Waals surface area contributed by atoms with Crippen LogP contribution in [0.2, 0.25) is 0 Å². The van der Waals surface area contributed by atoms with Crippen LogP contribution in [0.4, 0.5) is 103 Å². The van der Waals surface area contributed by atoms with E-state index in [4.69, 9.17) is 9.97 Å². The number of aromatic nitrogens is 2. The maximum atomic E-state index is 6.04. The topological polar surface area (TPSA) is 45.2 Å². The summed E-state index contributed by atoms with van der Waals surface area (Å²) in [5.41, 5.74) is 21.7. The summed E-state index contributed by atoms with van der Waals surface area (Å²) in [6.07, 6.45) is 0. The summed E-state index contributed by atoms with van der Waals surface area (Å²) in [6, 6.07) is 114. The Morgan fingerprint density at radius 3 is 0.837 bits per heavy atom. The van der Waals surface area contributed by atoms with Crippen molar-refractivity contribution in [1.29, 1.82) is 0 Å². The molecule has 2 aromatic heterocycles. The van der Waals surface area contributed by atoms with E-state index in [9.17, 15) is 0 Å². The molecule has 11 aromatic carbocycles. The largest absolute Gasteiger partial charge is 0.311 e. The van der Waals surface area contributed by atoms with Crippen LogP contribution in [-0.2, 0) is 0 Å². The smallest absolute Gasteiger partial charge is 0.254 e. The highest BCUT2D eigenvalue weighted by atomic mass is 15.3. The molecule has 86 heavy (non-hydrogen) atoms. The molecule has 0 unspecified atom stereocenters. The summed E-state index contributed by atoms with van der Waals surface area (Å²) in [5, 5.41) is 0. The summed E-state index contributed by atoms with van der Waals surface area (Å²) in [5.74, 6) is 3.32. The third-order valence-electron chi connectivity index (χ3n) is 17.3. The lowest BCUT2D eigenvalue weighted by molar-refractivity contribution is 1.12. The van der Waals surface area contributed by atoms with Gasteiger partial charge in [0.05, 0.1) is 0 Å². The van der Waals surface area contributed by atoms with E-state index >= 15 is 0 Å². The molecule has 0 saturated carbocycles. The third-order valence-corrected chi connectivity index (χ3v) is 17.3. The van der Waals surface area contributed by atoms with E-state index in [1.54, 1.807) is 0 Å². The number of para-hydroxylation sites is 10. The quantitative estimate of drug-likeness (QED) is 0.126. The Balaban J connectivity index is 0.995. The van der Waals surface area contributed by atoms with Crippen LogP contribution in [0.3, 0.4) is 0 Å². The van der Waals surface area contributed by atoms with Crippen molar-refractivity contribution >= 4 is 149 Å². The fourth-order valence-corrected chi connectivity index (χ4v) is 13.8. The van der Waals surface area contributed by atoms with Crippen LogP contribution < -0.4 is 62.2 Å². The van der Waals surface area contributed by atoms with Crippen molar-refractivity contribution in [2.24, 2.45) is 0 Å². The van der Waals surface area contributed by atoms with Crippen LogP contribution in [-0.4, -0.2) is 23.4 Å². The second kappa shape index (κ2) is 20.2. The van der Waals surface area contributed by atoms with Crippen molar-refractivity contribution < 1.29 is 0 Å². The van der Waals surface area contributed by atoms with Gasteiger partial charge in [-0.1, -0.05) is 188 Å². The number of hydrogen-bond acceptors (Lipinski definition) is 8. The zero-order valence-corrected chi connectivity index (χ0v) is 46.8. The summed E-state index contributed by atoms with van der Waals surface area (Å²) in [7, 11) is 0. The molecule has 4 aliphatic heterocycles. The maximum absolute atomic E-state index is 6.04. The summed E-state index contributed by atoms with van der Waals surface area (Å²) < 4.78 is 0. The van der Waals surface area contributed by atoms with Gasteiger partial charge in [-0.05, 0) is 148 Å². The van der Waals surface area contributed by atoms with E-state index in [1.165, 1.54) is 21.9 Å². The fraction of sp³-hybridized carbons (Fsp3) is 0. The predicted octanol–water partition coefficient (Wildman–Crippen LogP) is 15.6. The molecule has 0 fully saturated rings. The molecule has 13 aromatic rings. The van der Waals surface area contributed by atoms with Crippen molar-refractivity contribution in [2.75, 3.05) is 29.4 Å². The molecule has 6 heterocycles. The second-order valence-electron chi connectivity index (χ2n) is 22.1. The Morgan fingerprint density at radius 1 is 0.233 bits per heavy atom. The molecule has 4 aliphatic rings. The van der Waals surface area contributed by atoms with Crippen molar-refractivity contribution in [2.45, 2.75) is 0 Å². The monoisotopic (exact) mass is 1100 g/mol. The van der Waals surface area contributed by atoms with Crippen molar-refractivity contribution in [1.82, 2.24) is 9.97 Å². The normalized spacial score (nSPS) is 13.0. The van der Waals surface area contributed by atoms with Gasteiger partial charge in [-0.15, -0.1) is 0 Å². The van der Waals surface area contributed by atoms with Gasteiger partial charge in [0.1, 0.15) is 23.3 Å². The van der Waals surface area contributed by atoms with Crippen LogP contribution in [0, 0.1) is 0 Å². The molecule has 402 valence electrons. The maximum Gasteiger partial charge on any atom is 0.254 e. The zero-order chi connectivity index (χ0) is 56.7. The molecule has 0 N–H and O–H groups in total. The van der Waals surface area contributed by atoms with Gasteiger partial charge in [0.25, 0.3) is 13.4 Å². The van der Waals surface area contributed by atoms with Crippen molar-refractivity contribution in [3.63, 3.8) is 0 Å². The standard InChI is InChI=1S/C76H52B2N8/c1-9-29-53(30-10-1)81(54-31-11-2-12-32-54)71-51-69-73-75(79-71)85(59-41-21-7-22-42-59)67-50-68-64(49-63(67)77(73)61-45-25-27-47-65(61)83(69)57-37-17-5-18-38-57)78-62-46-26-28-48-66(62)84(58-39-19-6-20-40-58)70-52-72(80-76(74(70)78)86(68)60-43-23-8-24-44-60)82(55-33-13-3-14-34-55)56-35-15-4-16-36-56/h1-52H. The van der Waals surface area contributed by atoms with Gasteiger partial charge >= 0.3 is 0 Å². The molecule has 0 amide bonds. The van der Waals surface area contributed by atoms with Gasteiger partial charge in [0, 0.05) is 91.8 Å². The molecule has 0 spiro atoms. The number of rotatable bonds is 10. The SMILES string of the molecule is c1ccc(N(c2ccccc2)c2cc3c4c(n2)N(c2ccccc2)c2cc5c(cc2B4c2ccccc2N3c2ccccc2)B2c3ccccc3N(c3ccccc3)c3cc(N(c4ccccc4)c4ccccc4)nc(c32)N5c2ccccc2)cc1. The van der Waals surface area contributed by atoms with Crippen LogP contribution >= 0.6 is 0 Å². The van der Waals surface area contributed by atoms with Gasteiger partial charge in [-0.3, -0.25) is 19.6 Å². The number of hydrogen-bond donors (Lipinski definition) is 0. The average Bonchev–Trinajstić information content (AvgIpc) is 0.707. The van der Waals surface area contributed by atoms with Gasteiger partial charge in [-0.2, -0.15) is 0 Å². The first-order valence-corrected chi connectivity index (χ1v) is 29.4. The number of anilines is 18. The van der Waals surface area contributed by atoms with E-state index in [1.807, 2.05) is 0 Å². The minimum Gasteiger partial charge on any atom is -0.311 e. The lowest BCUT2D eigenvalue weighted by atomic mass is 9.30. The Bertz CT molecular complexity index is 4310. The van der Waals surface area contributed by atoms with Gasteiger partial charge in [-0.25, -0.2) is 9.97 Å². The number of fused-ring (bicyclic) bond motifs is 8. The Labute approximate surface area is 501 Å². The number of benzene rings is 11. The molecular weight excluding hydrogens is 1050 g/mol. The molecule has 0 saturated heterocycles. The lowest BCUT2D eigenvalue weighted by Crippen LogP contribution is -2.65. The predicted molar refractivity (Wildman–Crippen MR) is 359 cm³/mol. The van der Waals surface area contributed by atoms with E-state index in [0.717, 1.165) is 114 Å². The molecular formula is C76H52B2N8. The highest BCUT2D eigenvalue weighted by molar-refractivity contribution is 7.03. The number of pyridine rings is 2. The van der Waals surface area contributed by atoms with Crippen molar-refractivity contribution in [3.8, 4) is 0 Å². The van der Waals surface area contributed by atoms with Gasteiger partial charge < -0.3 is 9.80 Å². The Morgan fingerprint density at radius 2 is 0.512 bits per heavy atom. The van der Waals surface area contributed by atoms with Crippen LogP contribution in [0.25, 0.3) is 0 Å². The second-order valence-corrected chi connectivity index (χ2v) is 22.1. The molecule has 17 rings (SSSR count). The van der Waals surface area contributed by atoms with E-state index < -0.39 is 0 Å². The summed E-state index contributed by atoms with van der Waals surface area (Å²) >= 11 is 0. The minimum absolute atomic E-state index is 0.226. The first-order chi connectivity index (χ1) is 42.7. The van der Waals surface area contributed by atoms with Crippen LogP contribution in [0.5, 0.6) is 0 Å². The van der Waals surface area contributed by atoms with Crippen LogP contribution in [0.15, 0.2) is 315 Å². The Kier molecular flexibility index (Phi) is 11.6. The summed E-state index contributed by atoms with van der Waals surface area (Å²) in [4.78, 5) is 26.5. The molecule has 0 atom stereocenters. The fourth-order valence-electron chi connectivity index (χ4n) is 13.8. The summed E-state index contributed by atoms with van der Waals surface area (Å²) in [6.45, 7) is -0.451. The minimum atomic E-state index is -0.226. The molecule has 0 radical (unpaired) electrons. The first-order valence-electron chi connectivity index (χ1n) is 29.4. The third kappa shape index (κ3) is 7.80. The van der Waals surface area contributed by atoms with Gasteiger partial charge in [0.2, 0.25) is 0 Å². The van der Waals surface area contributed by atoms with E-state index in [2.05, 4.69) is 345 Å². The van der Waals surface area contributed by atoms with E-state index in [-0.39, 0.29) is 13.4 Å². The first kappa shape index (κ1) is 49.3. The molecule has 0 bridgehead atoms. The zero-order valence-electron chi connectivity index (χ0n) is 46.8. The average molecular weight is 1100 g/mol.